The molecular weight excluding hydrogens is 272 g/mol. The molecule has 106 valence electrons. The van der Waals surface area contributed by atoms with Crippen molar-refractivity contribution in [3.8, 4) is 29.2 Å². The minimum Gasteiger partial charge on any atom is -0.506 e. The van der Waals surface area contributed by atoms with E-state index in [2.05, 4.69) is 19.9 Å². The lowest BCUT2D eigenvalue weighted by Gasteiger charge is -2.08. The Morgan fingerprint density at radius 1 is 0.952 bits per heavy atom. The summed E-state index contributed by atoms with van der Waals surface area (Å²) in [7, 11) is 2.93. The molecule has 0 spiro atoms. The molecule has 0 fully saturated rings. The molecule has 0 aliphatic rings. The number of aromatic nitrogens is 4. The zero-order valence-corrected chi connectivity index (χ0v) is 11.4. The number of aromatic hydroxyl groups is 1. The quantitative estimate of drug-likeness (QED) is 0.784. The monoisotopic (exact) mass is 284 g/mol. The van der Waals surface area contributed by atoms with E-state index in [0.29, 0.717) is 16.9 Å². The third-order valence-corrected chi connectivity index (χ3v) is 2.95. The minimum atomic E-state index is 0.0994. The summed E-state index contributed by atoms with van der Waals surface area (Å²) >= 11 is 0. The summed E-state index contributed by atoms with van der Waals surface area (Å²) in [5.74, 6) is 0.485. The number of phenols is 1. The van der Waals surface area contributed by atoms with Gasteiger partial charge in [-0.1, -0.05) is 6.07 Å². The van der Waals surface area contributed by atoms with Gasteiger partial charge < -0.3 is 14.6 Å². The predicted octanol–water partition coefficient (Wildman–Crippen LogP) is 1.81. The second kappa shape index (κ2) is 5.20. The minimum absolute atomic E-state index is 0.0994. The fraction of sp³-hybridized carbons (Fsp3) is 0.143. The van der Waals surface area contributed by atoms with Gasteiger partial charge in [-0.15, -0.1) is 4.98 Å². The number of fused-ring (bicyclic) bond motifs is 1. The fourth-order valence-corrected chi connectivity index (χ4v) is 1.99. The first-order valence-electron chi connectivity index (χ1n) is 6.14. The van der Waals surface area contributed by atoms with Crippen LogP contribution in [0.5, 0.6) is 17.8 Å². The molecule has 2 aromatic heterocycles. The molecule has 0 saturated carbocycles. The topological polar surface area (TPSA) is 90.2 Å². The van der Waals surface area contributed by atoms with E-state index < -0.39 is 0 Å². The Kier molecular flexibility index (Phi) is 3.23. The van der Waals surface area contributed by atoms with Crippen molar-refractivity contribution in [2.75, 3.05) is 14.2 Å². The summed E-state index contributed by atoms with van der Waals surface area (Å²) in [5.41, 5.74) is 1.18. The van der Waals surface area contributed by atoms with Gasteiger partial charge in [0.1, 0.15) is 11.3 Å². The highest BCUT2D eigenvalue weighted by atomic mass is 16.5. The van der Waals surface area contributed by atoms with E-state index in [1.807, 2.05) is 6.07 Å². The number of methoxy groups -OCH3 is 2. The SMILES string of the molecule is COc1nc(OC)nc(-c2ccc(O)c3ncccc23)n1. The lowest BCUT2D eigenvalue weighted by molar-refractivity contribution is 0.341. The van der Waals surface area contributed by atoms with Crippen LogP contribution < -0.4 is 9.47 Å². The maximum atomic E-state index is 9.88. The first-order chi connectivity index (χ1) is 10.2. The van der Waals surface area contributed by atoms with Crippen LogP contribution >= 0.6 is 0 Å². The molecule has 0 atom stereocenters. The number of ether oxygens (including phenoxy) is 2. The molecule has 0 saturated heterocycles. The Morgan fingerprint density at radius 3 is 2.33 bits per heavy atom. The van der Waals surface area contributed by atoms with Crippen LogP contribution in [0, 0.1) is 0 Å². The third kappa shape index (κ3) is 2.29. The van der Waals surface area contributed by atoms with E-state index in [9.17, 15) is 5.11 Å². The van der Waals surface area contributed by atoms with Crippen LogP contribution in [0.3, 0.4) is 0 Å². The molecule has 3 rings (SSSR count). The molecule has 1 aromatic carbocycles. The maximum Gasteiger partial charge on any atom is 0.322 e. The number of hydrogen-bond donors (Lipinski definition) is 1. The Morgan fingerprint density at radius 2 is 1.67 bits per heavy atom. The lowest BCUT2D eigenvalue weighted by atomic mass is 10.1. The molecule has 7 nitrogen and oxygen atoms in total. The van der Waals surface area contributed by atoms with E-state index >= 15 is 0 Å². The van der Waals surface area contributed by atoms with Crippen molar-refractivity contribution >= 4 is 10.9 Å². The van der Waals surface area contributed by atoms with E-state index in [-0.39, 0.29) is 17.8 Å². The predicted molar refractivity (Wildman–Crippen MR) is 75.3 cm³/mol. The van der Waals surface area contributed by atoms with Crippen LogP contribution in [0.2, 0.25) is 0 Å². The third-order valence-electron chi connectivity index (χ3n) is 2.95. The van der Waals surface area contributed by atoms with E-state index in [1.165, 1.54) is 14.2 Å². The number of hydrogen-bond acceptors (Lipinski definition) is 7. The second-order valence-electron chi connectivity index (χ2n) is 4.16. The first-order valence-corrected chi connectivity index (χ1v) is 6.14. The van der Waals surface area contributed by atoms with Crippen LogP contribution in [0.4, 0.5) is 0 Å². The van der Waals surface area contributed by atoms with Crippen molar-refractivity contribution in [2.24, 2.45) is 0 Å². The average molecular weight is 284 g/mol. The van der Waals surface area contributed by atoms with Gasteiger partial charge in [0.05, 0.1) is 14.2 Å². The van der Waals surface area contributed by atoms with Crippen LogP contribution in [0.1, 0.15) is 0 Å². The number of rotatable bonds is 3. The summed E-state index contributed by atoms with van der Waals surface area (Å²) in [6, 6.07) is 7.19. The molecular formula is C14H12N4O3. The standard InChI is InChI=1S/C14H12N4O3/c1-20-13-16-12(17-14(18-13)21-2)9-5-6-10(19)11-8(9)4-3-7-15-11/h3-7,19H,1-2H3. The smallest absolute Gasteiger partial charge is 0.322 e. The molecule has 0 radical (unpaired) electrons. The van der Waals surface area contributed by atoms with Gasteiger partial charge >= 0.3 is 12.0 Å². The van der Waals surface area contributed by atoms with Gasteiger partial charge in [0.2, 0.25) is 0 Å². The van der Waals surface area contributed by atoms with Gasteiger partial charge in [0.25, 0.3) is 0 Å². The van der Waals surface area contributed by atoms with Crippen LogP contribution in [-0.2, 0) is 0 Å². The van der Waals surface area contributed by atoms with Gasteiger partial charge in [-0.25, -0.2) is 0 Å². The van der Waals surface area contributed by atoms with Crippen molar-refractivity contribution in [2.45, 2.75) is 0 Å². The zero-order chi connectivity index (χ0) is 14.8. The van der Waals surface area contributed by atoms with Crippen LogP contribution in [-0.4, -0.2) is 39.3 Å². The first kappa shape index (κ1) is 13.0. The molecule has 7 heteroatoms. The molecule has 0 bridgehead atoms. The summed E-state index contributed by atoms with van der Waals surface area (Å²) in [4.78, 5) is 16.6. The van der Waals surface area contributed by atoms with Crippen LogP contribution in [0.25, 0.3) is 22.3 Å². The van der Waals surface area contributed by atoms with Crippen molar-refractivity contribution in [3.05, 3.63) is 30.5 Å². The largest absolute Gasteiger partial charge is 0.506 e. The molecule has 0 amide bonds. The highest BCUT2D eigenvalue weighted by molar-refractivity contribution is 5.96. The average Bonchev–Trinajstić information content (AvgIpc) is 2.55. The lowest BCUT2D eigenvalue weighted by Crippen LogP contribution is -2.01. The van der Waals surface area contributed by atoms with Gasteiger partial charge in [-0.05, 0) is 18.2 Å². The van der Waals surface area contributed by atoms with Crippen molar-refractivity contribution < 1.29 is 14.6 Å². The Hall–Kier alpha value is -2.96. The van der Waals surface area contributed by atoms with Crippen molar-refractivity contribution in [1.82, 2.24) is 19.9 Å². The normalized spacial score (nSPS) is 10.6. The van der Waals surface area contributed by atoms with Crippen molar-refractivity contribution in [3.63, 3.8) is 0 Å². The zero-order valence-electron chi connectivity index (χ0n) is 11.4. The highest BCUT2D eigenvalue weighted by Gasteiger charge is 2.14. The van der Waals surface area contributed by atoms with Gasteiger partial charge in [0.15, 0.2) is 5.82 Å². The Bertz CT molecular complexity index is 785. The summed E-state index contributed by atoms with van der Waals surface area (Å²) in [6.07, 6.45) is 1.61. The molecule has 2 heterocycles. The van der Waals surface area contributed by atoms with Gasteiger partial charge in [-0.2, -0.15) is 9.97 Å². The number of phenolic OH excluding ortho intramolecular Hbond substituents is 1. The molecule has 1 N–H and O–H groups in total. The van der Waals surface area contributed by atoms with Crippen molar-refractivity contribution in [1.29, 1.82) is 0 Å². The van der Waals surface area contributed by atoms with Gasteiger partial charge in [0, 0.05) is 17.1 Å². The van der Waals surface area contributed by atoms with Crippen LogP contribution in [0.15, 0.2) is 30.5 Å². The molecule has 0 aliphatic carbocycles. The van der Waals surface area contributed by atoms with Gasteiger partial charge in [-0.3, -0.25) is 4.98 Å². The summed E-state index contributed by atoms with van der Waals surface area (Å²) < 4.78 is 10.1. The molecule has 3 aromatic rings. The summed E-state index contributed by atoms with van der Waals surface area (Å²) in [5, 5.41) is 10.6. The fourth-order valence-electron chi connectivity index (χ4n) is 1.99. The van der Waals surface area contributed by atoms with E-state index in [1.54, 1.807) is 24.4 Å². The molecule has 21 heavy (non-hydrogen) atoms. The molecule has 0 aliphatic heterocycles. The number of benzene rings is 1. The molecule has 0 unspecified atom stereocenters. The second-order valence-corrected chi connectivity index (χ2v) is 4.16. The number of pyridine rings is 1. The van der Waals surface area contributed by atoms with E-state index in [4.69, 9.17) is 9.47 Å². The van der Waals surface area contributed by atoms with E-state index in [0.717, 1.165) is 5.39 Å². The Balaban J connectivity index is 2.28. The number of nitrogens with zero attached hydrogens (tertiary/aromatic N) is 4. The summed E-state index contributed by atoms with van der Waals surface area (Å²) in [6.45, 7) is 0. The highest BCUT2D eigenvalue weighted by Crippen LogP contribution is 2.31. The maximum absolute atomic E-state index is 9.88. The Labute approximate surface area is 120 Å².